The highest BCUT2D eigenvalue weighted by molar-refractivity contribution is 7.29. The zero-order valence-electron chi connectivity index (χ0n) is 67.2. The summed E-state index contributed by atoms with van der Waals surface area (Å²) >= 11 is 8.18. The van der Waals surface area contributed by atoms with E-state index in [1.165, 1.54) is 394 Å². The second-order valence-electron chi connectivity index (χ2n) is 32.6. The van der Waals surface area contributed by atoms with Crippen molar-refractivity contribution in [3.05, 3.63) is 155 Å². The number of unbranched alkanes of at least 4 members (excludes halogenated alkanes) is 36. The summed E-state index contributed by atoms with van der Waals surface area (Å²) < 4.78 is 5.43. The van der Waals surface area contributed by atoms with Gasteiger partial charge in [0.1, 0.15) is 0 Å². The molecule has 0 saturated carbocycles. The maximum atomic E-state index is 2.72. The van der Waals surface area contributed by atoms with Gasteiger partial charge in [-0.25, -0.2) is 0 Å². The van der Waals surface area contributed by atoms with Crippen LogP contribution in [-0.2, 0) is 25.9 Å². The van der Waals surface area contributed by atoms with Gasteiger partial charge >= 0.3 is 0 Å². The Morgan fingerprint density at radius 2 is 0.500 bits per heavy atom. The van der Waals surface area contributed by atoms with Gasteiger partial charge in [0.2, 0.25) is 0 Å². The molecule has 0 N–H and O–H groups in total. The van der Waals surface area contributed by atoms with Crippen LogP contribution < -0.4 is 0 Å². The molecule has 0 aliphatic carbocycles. The molecular formula is C100H132N2S4. The third kappa shape index (κ3) is 21.0. The summed E-state index contributed by atoms with van der Waals surface area (Å²) in [4.78, 5) is 11.4. The molecule has 0 atom stereocenters. The monoisotopic (exact) mass is 1490 g/mol. The van der Waals surface area contributed by atoms with Gasteiger partial charge in [0, 0.05) is 95.7 Å². The molecule has 0 amide bonds. The van der Waals surface area contributed by atoms with Crippen molar-refractivity contribution in [1.82, 2.24) is 9.13 Å². The Labute approximate surface area is 657 Å². The zero-order valence-corrected chi connectivity index (χ0v) is 70.5. The van der Waals surface area contributed by atoms with Gasteiger partial charge in [0.25, 0.3) is 0 Å². The molecule has 12 rings (SSSR count). The Morgan fingerprint density at radius 3 is 0.821 bits per heavy atom. The van der Waals surface area contributed by atoms with Crippen LogP contribution in [0.1, 0.15) is 318 Å². The number of benzene rings is 6. The molecule has 6 aromatic heterocycles. The summed E-state index contributed by atoms with van der Waals surface area (Å²) in [6.07, 6.45) is 56.6. The van der Waals surface area contributed by atoms with E-state index >= 15 is 0 Å². The van der Waals surface area contributed by atoms with Crippen molar-refractivity contribution in [3.8, 4) is 50.1 Å². The average molecular weight is 1490 g/mol. The van der Waals surface area contributed by atoms with Crippen LogP contribution in [0.25, 0.3) is 115 Å². The molecule has 6 heteroatoms. The van der Waals surface area contributed by atoms with Crippen molar-refractivity contribution in [3.63, 3.8) is 0 Å². The van der Waals surface area contributed by atoms with Crippen LogP contribution in [0, 0.1) is 27.7 Å². The van der Waals surface area contributed by atoms with Crippen LogP contribution in [0.2, 0.25) is 0 Å². The van der Waals surface area contributed by atoms with E-state index < -0.39 is 0 Å². The van der Waals surface area contributed by atoms with E-state index in [0.29, 0.717) is 0 Å². The number of nitrogens with zero attached hydrogens (tertiary/aromatic N) is 2. The van der Waals surface area contributed by atoms with E-state index in [9.17, 15) is 0 Å². The smallest absolute Gasteiger partial charge is 0.0497 e. The Hall–Kier alpha value is -5.76. The van der Waals surface area contributed by atoms with E-state index in [4.69, 9.17) is 0 Å². The lowest BCUT2D eigenvalue weighted by Crippen LogP contribution is -1.98. The largest absolute Gasteiger partial charge is 0.340 e. The van der Waals surface area contributed by atoms with Crippen LogP contribution in [0.15, 0.2) is 121 Å². The lowest BCUT2D eigenvalue weighted by atomic mass is 10.00. The Kier molecular flexibility index (Phi) is 31.1. The fraction of sp³-hybridized carbons (Fsp3) is 0.520. The van der Waals surface area contributed by atoms with Gasteiger partial charge < -0.3 is 9.13 Å². The summed E-state index contributed by atoms with van der Waals surface area (Å²) in [7, 11) is 0. The summed E-state index contributed by atoms with van der Waals surface area (Å²) in [5, 5.41) is 11.0. The first-order chi connectivity index (χ1) is 52.1. The Morgan fingerprint density at radius 1 is 0.226 bits per heavy atom. The highest BCUT2D eigenvalue weighted by Crippen LogP contribution is 2.49. The van der Waals surface area contributed by atoms with Crippen molar-refractivity contribution in [1.29, 1.82) is 0 Å². The molecular weight excluding hydrogens is 1360 g/mol. The topological polar surface area (TPSA) is 9.86 Å². The average Bonchev–Trinajstić information content (AvgIpc) is 1.59. The van der Waals surface area contributed by atoms with Crippen molar-refractivity contribution in [2.45, 2.75) is 338 Å². The third-order valence-electron chi connectivity index (χ3n) is 24.0. The van der Waals surface area contributed by atoms with Crippen molar-refractivity contribution in [2.75, 3.05) is 0 Å². The van der Waals surface area contributed by atoms with Gasteiger partial charge in [-0.1, -0.05) is 307 Å². The maximum absolute atomic E-state index is 2.72. The molecule has 0 fully saturated rings. The molecule has 0 saturated heterocycles. The van der Waals surface area contributed by atoms with E-state index in [-0.39, 0.29) is 0 Å². The lowest BCUT2D eigenvalue weighted by molar-refractivity contribution is 0.541. The van der Waals surface area contributed by atoms with Crippen molar-refractivity contribution >= 4 is 111 Å². The lowest BCUT2D eigenvalue weighted by Gasteiger charge is -2.10. The van der Waals surface area contributed by atoms with Gasteiger partial charge in [-0.15, -0.1) is 45.3 Å². The molecule has 0 aliphatic rings. The third-order valence-corrected chi connectivity index (χ3v) is 29.2. The molecule has 106 heavy (non-hydrogen) atoms. The van der Waals surface area contributed by atoms with E-state index in [0.717, 1.165) is 25.9 Å². The van der Waals surface area contributed by atoms with Crippen LogP contribution in [0.5, 0.6) is 0 Å². The van der Waals surface area contributed by atoms with E-state index in [2.05, 4.69) is 209 Å². The van der Waals surface area contributed by atoms with Gasteiger partial charge in [0.05, 0.1) is 0 Å². The van der Waals surface area contributed by atoms with Gasteiger partial charge in [-0.2, -0.15) is 0 Å². The quantitative estimate of drug-likeness (QED) is 0.0336. The van der Waals surface area contributed by atoms with Crippen molar-refractivity contribution < 1.29 is 0 Å². The predicted molar refractivity (Wildman–Crippen MR) is 480 cm³/mol. The SMILES string of the molecule is CCCCCCCCCCCCc1cc(-c2ccc3c4cc5cc(C)c(C)cc5cc4n(CCCCCCCCCCCC)c3c2)sc1-c1ccc(-c2ccc(-c3sc(-c4ccc5c6cc7cc(C)c(C)cc7cc6n(CCCCCCCCCCCC)c5c4)cc3CCCCCCCCCCCC)s2)s1. The van der Waals surface area contributed by atoms with Crippen LogP contribution in [-0.4, -0.2) is 9.13 Å². The van der Waals surface area contributed by atoms with Crippen LogP contribution in [0.4, 0.5) is 0 Å². The first-order valence-electron chi connectivity index (χ1n) is 43.5. The molecule has 0 radical (unpaired) electrons. The molecule has 12 aromatic rings. The minimum Gasteiger partial charge on any atom is -0.340 e. The summed E-state index contributed by atoms with van der Waals surface area (Å²) in [5.74, 6) is 0. The second kappa shape index (κ2) is 41.3. The first-order valence-corrected chi connectivity index (χ1v) is 46.8. The Bertz CT molecular complexity index is 4400. The highest BCUT2D eigenvalue weighted by atomic mass is 32.1. The normalized spacial score (nSPS) is 12.1. The molecule has 6 aromatic carbocycles. The second-order valence-corrected chi connectivity index (χ2v) is 36.8. The number of rotatable bonds is 49. The number of thiophene rings is 4. The summed E-state index contributed by atoms with van der Waals surface area (Å²) in [6.45, 7) is 20.5. The summed E-state index contributed by atoms with van der Waals surface area (Å²) in [5.41, 5.74) is 16.9. The van der Waals surface area contributed by atoms with Gasteiger partial charge in [-0.05, 0) is 205 Å². The Balaban J connectivity index is 0.834. The molecule has 0 aliphatic heterocycles. The number of hydrogen-bond donors (Lipinski definition) is 0. The molecule has 6 heterocycles. The first kappa shape index (κ1) is 79.8. The van der Waals surface area contributed by atoms with Crippen molar-refractivity contribution in [2.24, 2.45) is 0 Å². The molecule has 0 bridgehead atoms. The van der Waals surface area contributed by atoms with E-state index in [1.807, 2.05) is 22.7 Å². The number of fused-ring (bicyclic) bond motifs is 8. The molecule has 0 unspecified atom stereocenters. The fourth-order valence-corrected chi connectivity index (χ4v) is 22.1. The minimum absolute atomic E-state index is 1.06. The molecule has 0 spiro atoms. The van der Waals surface area contributed by atoms with Crippen LogP contribution >= 0.6 is 45.3 Å². The maximum Gasteiger partial charge on any atom is 0.0497 e. The van der Waals surface area contributed by atoms with E-state index in [1.54, 1.807) is 11.1 Å². The summed E-state index contributed by atoms with van der Waals surface area (Å²) in [6, 6.07) is 49.9. The number of aryl methyl sites for hydroxylation is 8. The standard InChI is InChI=1S/C100H132N2S4/c1-9-13-17-21-25-29-33-37-41-45-49-79-71-97(77-51-53-85-87-65-81-61-73(5)75(7)63-83(81)69-91(87)101(89(85)67-77)59-47-43-39-35-31-27-23-19-15-11-3)105-99(79)95-57-55-93(103-95)94-56-58-96(104-94)100-80(50-46-42-38-34-30-26-22-18-14-10-2)72-98(106-100)78-52-54-86-88-66-82-62-74(6)76(8)64-84(82)70-92(88)102(90(86)68-78)60-48-44-40-36-32-28-24-20-16-12-4/h51-58,61-72H,9-50,59-60H2,1-8H3. The minimum atomic E-state index is 1.06. The fourth-order valence-electron chi connectivity index (χ4n) is 17.3. The van der Waals surface area contributed by atoms with Gasteiger partial charge in [0.15, 0.2) is 0 Å². The number of hydrogen-bond acceptors (Lipinski definition) is 4. The molecule has 566 valence electrons. The van der Waals surface area contributed by atoms with Gasteiger partial charge in [-0.3, -0.25) is 0 Å². The highest BCUT2D eigenvalue weighted by Gasteiger charge is 2.22. The van der Waals surface area contributed by atoms with Crippen LogP contribution in [0.3, 0.4) is 0 Å². The predicted octanol–water partition coefficient (Wildman–Crippen LogP) is 34.8. The number of aromatic nitrogens is 2. The zero-order chi connectivity index (χ0) is 73.4. The molecule has 2 nitrogen and oxygen atoms in total.